The van der Waals surface area contributed by atoms with Gasteiger partial charge in [0.2, 0.25) is 0 Å². The minimum atomic E-state index is -0.751. The molecule has 0 heterocycles. The van der Waals surface area contributed by atoms with Crippen LogP contribution in [-0.4, -0.2) is 10.8 Å². The van der Waals surface area contributed by atoms with Gasteiger partial charge in [0, 0.05) is 12.1 Å². The molecule has 0 bridgehead atoms. The van der Waals surface area contributed by atoms with E-state index in [2.05, 4.69) is 0 Å². The lowest BCUT2D eigenvalue weighted by molar-refractivity contribution is -0.384. The highest BCUT2D eigenvalue weighted by Crippen LogP contribution is 2.15. The number of nitro groups is 1. The molecule has 7 nitrogen and oxygen atoms in total. The van der Waals surface area contributed by atoms with Crippen molar-refractivity contribution >= 4 is 17.7 Å². The number of hydrazine groups is 1. The topological polar surface area (TPSA) is 122 Å². The molecule has 17 heavy (non-hydrogen) atoms. The summed E-state index contributed by atoms with van der Waals surface area (Å²) in [4.78, 5) is 21.1. The third-order valence-corrected chi connectivity index (χ3v) is 1.89. The number of hydrogen-bond donors (Lipinski definition) is 2. The average molecular weight is 232 g/mol. The second kappa shape index (κ2) is 5.39. The quantitative estimate of drug-likeness (QED) is 0.196. The summed E-state index contributed by atoms with van der Waals surface area (Å²) in [5.41, 5.74) is 1.83. The zero-order valence-corrected chi connectivity index (χ0v) is 8.58. The standard InChI is InChI=1S/C10H8N4O3/c11-6-8(10(15)13-12)4-7-2-1-3-9(5-7)14(16)17/h1-5H,12H2,(H,13,15)/b8-4+. The van der Waals surface area contributed by atoms with Crippen LogP contribution < -0.4 is 11.3 Å². The van der Waals surface area contributed by atoms with Crippen molar-refractivity contribution in [3.63, 3.8) is 0 Å². The summed E-state index contributed by atoms with van der Waals surface area (Å²) in [6, 6.07) is 7.21. The first kappa shape index (κ1) is 12.4. The molecule has 0 atom stereocenters. The van der Waals surface area contributed by atoms with Crippen LogP contribution in [0, 0.1) is 21.4 Å². The Bertz CT molecular complexity index is 531. The van der Waals surface area contributed by atoms with E-state index in [-0.39, 0.29) is 11.3 Å². The summed E-state index contributed by atoms with van der Waals surface area (Å²) >= 11 is 0. The first-order chi connectivity index (χ1) is 8.08. The van der Waals surface area contributed by atoms with E-state index in [0.29, 0.717) is 5.56 Å². The monoisotopic (exact) mass is 232 g/mol. The minimum Gasteiger partial charge on any atom is -0.290 e. The zero-order valence-electron chi connectivity index (χ0n) is 8.58. The molecule has 0 saturated carbocycles. The Hall–Kier alpha value is -2.72. The maximum Gasteiger partial charge on any atom is 0.275 e. The molecular weight excluding hydrogens is 224 g/mol. The Morgan fingerprint density at radius 1 is 1.59 bits per heavy atom. The maximum atomic E-state index is 11.1. The smallest absolute Gasteiger partial charge is 0.275 e. The third kappa shape index (κ3) is 3.12. The van der Waals surface area contributed by atoms with Gasteiger partial charge < -0.3 is 0 Å². The number of nitrogens with two attached hydrogens (primary N) is 1. The molecular formula is C10H8N4O3. The second-order valence-corrected chi connectivity index (χ2v) is 3.00. The van der Waals surface area contributed by atoms with E-state index in [0.717, 1.165) is 0 Å². The molecule has 86 valence electrons. The van der Waals surface area contributed by atoms with Gasteiger partial charge in [-0.1, -0.05) is 12.1 Å². The lowest BCUT2D eigenvalue weighted by Crippen LogP contribution is -2.30. The molecule has 1 aromatic rings. The molecule has 0 unspecified atom stereocenters. The number of non-ortho nitro benzene ring substituents is 1. The summed E-state index contributed by atoms with van der Waals surface area (Å²) in [7, 11) is 0. The van der Waals surface area contributed by atoms with Crippen LogP contribution in [0.3, 0.4) is 0 Å². The molecule has 1 aromatic carbocycles. The van der Waals surface area contributed by atoms with Crippen molar-refractivity contribution in [3.8, 4) is 6.07 Å². The van der Waals surface area contributed by atoms with Crippen LogP contribution in [0.2, 0.25) is 0 Å². The van der Waals surface area contributed by atoms with Crippen molar-refractivity contribution in [2.75, 3.05) is 0 Å². The van der Waals surface area contributed by atoms with Gasteiger partial charge in [-0.2, -0.15) is 5.26 Å². The highest BCUT2D eigenvalue weighted by molar-refractivity contribution is 6.01. The molecule has 0 saturated heterocycles. The van der Waals surface area contributed by atoms with Crippen LogP contribution >= 0.6 is 0 Å². The lowest BCUT2D eigenvalue weighted by Gasteiger charge is -1.97. The molecule has 0 radical (unpaired) electrons. The highest BCUT2D eigenvalue weighted by Gasteiger charge is 2.09. The number of nitro benzene ring substituents is 1. The van der Waals surface area contributed by atoms with Gasteiger partial charge in [-0.15, -0.1) is 0 Å². The number of rotatable bonds is 3. The molecule has 0 spiro atoms. The molecule has 0 aliphatic rings. The second-order valence-electron chi connectivity index (χ2n) is 3.00. The van der Waals surface area contributed by atoms with E-state index >= 15 is 0 Å². The molecule has 0 aromatic heterocycles. The van der Waals surface area contributed by atoms with Gasteiger partial charge in [-0.25, -0.2) is 5.84 Å². The molecule has 3 N–H and O–H groups in total. The number of amides is 1. The van der Waals surface area contributed by atoms with Gasteiger partial charge in [-0.05, 0) is 11.6 Å². The van der Waals surface area contributed by atoms with Gasteiger partial charge in [0.25, 0.3) is 11.6 Å². The van der Waals surface area contributed by atoms with Crippen molar-refractivity contribution in [3.05, 3.63) is 45.5 Å². The molecule has 1 amide bonds. The molecule has 0 aliphatic heterocycles. The van der Waals surface area contributed by atoms with E-state index in [1.807, 2.05) is 5.43 Å². The number of hydrogen-bond acceptors (Lipinski definition) is 5. The number of nitrogens with one attached hydrogen (secondary N) is 1. The predicted molar refractivity (Wildman–Crippen MR) is 59.0 cm³/mol. The number of benzene rings is 1. The Balaban J connectivity index is 3.13. The fourth-order valence-corrected chi connectivity index (χ4v) is 1.12. The minimum absolute atomic E-state index is 0.121. The first-order valence-corrected chi connectivity index (χ1v) is 4.45. The van der Waals surface area contributed by atoms with E-state index in [4.69, 9.17) is 11.1 Å². The highest BCUT2D eigenvalue weighted by atomic mass is 16.6. The number of carbonyl (C=O) groups is 1. The number of carbonyl (C=O) groups excluding carboxylic acids is 1. The van der Waals surface area contributed by atoms with Crippen molar-refractivity contribution in [1.29, 1.82) is 5.26 Å². The molecule has 0 aliphatic carbocycles. The van der Waals surface area contributed by atoms with Gasteiger partial charge in [-0.3, -0.25) is 20.3 Å². The molecule has 1 rings (SSSR count). The third-order valence-electron chi connectivity index (χ3n) is 1.89. The predicted octanol–water partition coefficient (Wildman–Crippen LogP) is 0.492. The van der Waals surface area contributed by atoms with Crippen LogP contribution in [0.25, 0.3) is 6.08 Å². The summed E-state index contributed by atoms with van der Waals surface area (Å²) in [5, 5.41) is 19.2. The first-order valence-electron chi connectivity index (χ1n) is 4.45. The summed E-state index contributed by atoms with van der Waals surface area (Å²) < 4.78 is 0. The van der Waals surface area contributed by atoms with Crippen molar-refractivity contribution in [2.24, 2.45) is 5.84 Å². The maximum absolute atomic E-state index is 11.1. The van der Waals surface area contributed by atoms with Gasteiger partial charge >= 0.3 is 0 Å². The summed E-state index contributed by atoms with van der Waals surface area (Å²) in [6.07, 6.45) is 1.22. The van der Waals surface area contributed by atoms with Crippen LogP contribution in [0.5, 0.6) is 0 Å². The Morgan fingerprint density at radius 3 is 2.82 bits per heavy atom. The fraction of sp³-hybridized carbons (Fsp3) is 0. The average Bonchev–Trinajstić information content (AvgIpc) is 2.35. The van der Waals surface area contributed by atoms with Crippen molar-refractivity contribution in [1.82, 2.24) is 5.43 Å². The Labute approximate surface area is 96.3 Å². The van der Waals surface area contributed by atoms with Crippen molar-refractivity contribution < 1.29 is 9.72 Å². The van der Waals surface area contributed by atoms with Gasteiger partial charge in [0.1, 0.15) is 11.6 Å². The SMILES string of the molecule is N#C/C(=C\c1cccc([N+](=O)[O-])c1)C(=O)NN. The molecule has 0 fully saturated rings. The van der Waals surface area contributed by atoms with E-state index in [9.17, 15) is 14.9 Å². The normalized spacial score (nSPS) is 10.5. The Morgan fingerprint density at radius 2 is 2.29 bits per heavy atom. The van der Waals surface area contributed by atoms with Crippen LogP contribution in [0.4, 0.5) is 5.69 Å². The van der Waals surface area contributed by atoms with E-state index < -0.39 is 10.8 Å². The fourth-order valence-electron chi connectivity index (χ4n) is 1.12. The van der Waals surface area contributed by atoms with E-state index in [1.54, 1.807) is 6.07 Å². The zero-order chi connectivity index (χ0) is 12.8. The van der Waals surface area contributed by atoms with Crippen LogP contribution in [-0.2, 0) is 4.79 Å². The van der Waals surface area contributed by atoms with Crippen molar-refractivity contribution in [2.45, 2.75) is 0 Å². The van der Waals surface area contributed by atoms with Gasteiger partial charge in [0.15, 0.2) is 0 Å². The van der Waals surface area contributed by atoms with Gasteiger partial charge in [0.05, 0.1) is 4.92 Å². The van der Waals surface area contributed by atoms with Crippen LogP contribution in [0.1, 0.15) is 5.56 Å². The number of nitriles is 1. The summed E-state index contributed by atoms with van der Waals surface area (Å²) in [5.74, 6) is 4.13. The Kier molecular flexibility index (Phi) is 3.91. The summed E-state index contributed by atoms with van der Waals surface area (Å²) in [6.45, 7) is 0. The number of nitrogens with zero attached hydrogens (tertiary/aromatic N) is 2. The van der Waals surface area contributed by atoms with Crippen LogP contribution in [0.15, 0.2) is 29.8 Å². The van der Waals surface area contributed by atoms with E-state index in [1.165, 1.54) is 30.3 Å². The largest absolute Gasteiger partial charge is 0.290 e. The molecule has 7 heteroatoms. The lowest BCUT2D eigenvalue weighted by atomic mass is 10.1.